The molecule has 3 nitrogen and oxygen atoms in total. The van der Waals surface area contributed by atoms with E-state index in [1.807, 2.05) is 12.1 Å². The van der Waals surface area contributed by atoms with Gasteiger partial charge in [0.05, 0.1) is 11.0 Å². The summed E-state index contributed by atoms with van der Waals surface area (Å²) in [6, 6.07) is 96.1. The van der Waals surface area contributed by atoms with Crippen LogP contribution >= 0.6 is 0 Å². The monoisotopic (exact) mass is 880 g/mol. The highest BCUT2D eigenvalue weighted by atomic mass is 16.3. The lowest BCUT2D eigenvalue weighted by Gasteiger charge is -2.26. The van der Waals surface area contributed by atoms with Crippen LogP contribution in [0, 0.1) is 0 Å². The molecule has 0 aliphatic rings. The zero-order valence-electron chi connectivity index (χ0n) is 37.7. The summed E-state index contributed by atoms with van der Waals surface area (Å²) < 4.78 is 8.65. The Bertz CT molecular complexity index is 3940. The van der Waals surface area contributed by atoms with Gasteiger partial charge in [0, 0.05) is 44.3 Å². The number of hydrogen-bond acceptors (Lipinski definition) is 2. The lowest BCUT2D eigenvalue weighted by molar-refractivity contribution is 0.669. The van der Waals surface area contributed by atoms with Gasteiger partial charge in [0.2, 0.25) is 0 Å². The molecule has 11 aromatic carbocycles. The van der Waals surface area contributed by atoms with E-state index in [4.69, 9.17) is 4.42 Å². The Hall–Kier alpha value is -9.18. The molecule has 0 spiro atoms. The van der Waals surface area contributed by atoms with Crippen molar-refractivity contribution in [3.8, 4) is 61.3 Å². The van der Waals surface area contributed by atoms with Gasteiger partial charge in [-0.3, -0.25) is 0 Å². The molecule has 0 fully saturated rings. The summed E-state index contributed by atoms with van der Waals surface area (Å²) in [5.74, 6) is 0. The van der Waals surface area contributed by atoms with Crippen LogP contribution in [-0.2, 0) is 0 Å². The fourth-order valence-electron chi connectivity index (χ4n) is 10.3. The van der Waals surface area contributed by atoms with Gasteiger partial charge in [0.25, 0.3) is 0 Å². The minimum absolute atomic E-state index is 0.894. The van der Waals surface area contributed by atoms with Gasteiger partial charge >= 0.3 is 0 Å². The van der Waals surface area contributed by atoms with Gasteiger partial charge in [0.15, 0.2) is 0 Å². The van der Waals surface area contributed by atoms with Crippen molar-refractivity contribution >= 4 is 60.8 Å². The Balaban J connectivity index is 0.846. The average Bonchev–Trinajstić information content (AvgIpc) is 3.97. The second-order valence-corrected chi connectivity index (χ2v) is 17.7. The molecule has 2 aromatic heterocycles. The summed E-state index contributed by atoms with van der Waals surface area (Å²) in [7, 11) is 0. The number of fused-ring (bicyclic) bond motifs is 6. The van der Waals surface area contributed by atoms with Gasteiger partial charge < -0.3 is 13.9 Å². The highest BCUT2D eigenvalue weighted by Gasteiger charge is 2.17. The second-order valence-electron chi connectivity index (χ2n) is 17.7. The van der Waals surface area contributed by atoms with E-state index in [1.165, 1.54) is 55.2 Å². The molecular weight excluding hydrogens is 837 g/mol. The average molecular weight is 881 g/mol. The standard InChI is InChI=1S/C66H44N2O/c1-2-14-48(15-3-1)57-20-4-5-21-58(57)52-18-13-19-56(43-52)67(54-37-30-47(31-38-54)51-34-41-62-61-24-8-11-27-65(61)69-66(62)44-51)53-35-28-45(29-36-53)49-16-12-17-50(42-49)46-32-39-55(40-33-46)68-63-25-9-6-22-59(63)60-23-7-10-26-64(60)68/h1-44H. The Morgan fingerprint density at radius 1 is 0.261 bits per heavy atom. The minimum atomic E-state index is 0.894. The van der Waals surface area contributed by atoms with Gasteiger partial charge in [0.1, 0.15) is 11.2 Å². The van der Waals surface area contributed by atoms with E-state index in [2.05, 4.69) is 264 Å². The lowest BCUT2D eigenvalue weighted by Crippen LogP contribution is -2.10. The van der Waals surface area contributed by atoms with Crippen LogP contribution in [0.2, 0.25) is 0 Å². The first-order valence-electron chi connectivity index (χ1n) is 23.6. The third-order valence-electron chi connectivity index (χ3n) is 13.6. The molecule has 324 valence electrons. The molecule has 0 aliphatic heterocycles. The smallest absolute Gasteiger partial charge is 0.136 e. The van der Waals surface area contributed by atoms with Crippen LogP contribution in [0.25, 0.3) is 105 Å². The van der Waals surface area contributed by atoms with Gasteiger partial charge in [-0.15, -0.1) is 0 Å². The van der Waals surface area contributed by atoms with Crippen molar-refractivity contribution in [1.29, 1.82) is 0 Å². The van der Waals surface area contributed by atoms with Crippen LogP contribution in [0.3, 0.4) is 0 Å². The number of furan rings is 1. The Labute approximate surface area is 401 Å². The number of benzene rings is 11. The molecule has 2 heterocycles. The summed E-state index contributed by atoms with van der Waals surface area (Å²) in [5.41, 5.74) is 20.3. The molecule has 0 radical (unpaired) electrons. The SMILES string of the molecule is c1ccc(-c2ccccc2-c2cccc(N(c3ccc(-c4cccc(-c5ccc(-n6c7ccccc7c7ccccc76)cc5)c4)cc3)c3ccc(-c4ccc5c(c4)oc4ccccc45)cc3)c2)cc1. The van der Waals surface area contributed by atoms with E-state index >= 15 is 0 Å². The summed E-state index contributed by atoms with van der Waals surface area (Å²) in [5, 5.41) is 4.80. The summed E-state index contributed by atoms with van der Waals surface area (Å²) in [4.78, 5) is 2.36. The van der Waals surface area contributed by atoms with Crippen LogP contribution < -0.4 is 4.90 Å². The first-order chi connectivity index (χ1) is 34.2. The molecule has 0 unspecified atom stereocenters. The number of hydrogen-bond donors (Lipinski definition) is 0. The van der Waals surface area contributed by atoms with Crippen molar-refractivity contribution < 1.29 is 4.42 Å². The van der Waals surface area contributed by atoms with Gasteiger partial charge in [-0.05, 0) is 141 Å². The maximum absolute atomic E-state index is 6.28. The van der Waals surface area contributed by atoms with Gasteiger partial charge in [-0.2, -0.15) is 0 Å². The first-order valence-corrected chi connectivity index (χ1v) is 23.6. The van der Waals surface area contributed by atoms with Crippen molar-refractivity contribution in [3.05, 3.63) is 267 Å². The highest BCUT2D eigenvalue weighted by Crippen LogP contribution is 2.41. The number of para-hydroxylation sites is 3. The minimum Gasteiger partial charge on any atom is -0.456 e. The zero-order chi connectivity index (χ0) is 45.7. The summed E-state index contributed by atoms with van der Waals surface area (Å²) >= 11 is 0. The van der Waals surface area contributed by atoms with E-state index in [9.17, 15) is 0 Å². The van der Waals surface area contributed by atoms with Crippen molar-refractivity contribution in [3.63, 3.8) is 0 Å². The van der Waals surface area contributed by atoms with Crippen molar-refractivity contribution in [2.75, 3.05) is 4.90 Å². The third-order valence-corrected chi connectivity index (χ3v) is 13.6. The number of aromatic nitrogens is 1. The molecule has 69 heavy (non-hydrogen) atoms. The molecule has 0 atom stereocenters. The summed E-state index contributed by atoms with van der Waals surface area (Å²) in [6.07, 6.45) is 0. The molecule has 13 rings (SSSR count). The van der Waals surface area contributed by atoms with Crippen molar-refractivity contribution in [1.82, 2.24) is 4.57 Å². The number of rotatable bonds is 9. The fraction of sp³-hybridized carbons (Fsp3) is 0. The van der Waals surface area contributed by atoms with E-state index in [1.54, 1.807) is 0 Å². The third kappa shape index (κ3) is 7.25. The summed E-state index contributed by atoms with van der Waals surface area (Å²) in [6.45, 7) is 0. The molecule has 0 aliphatic carbocycles. The predicted octanol–water partition coefficient (Wildman–Crippen LogP) is 18.5. The zero-order valence-corrected chi connectivity index (χ0v) is 37.7. The molecule has 3 heteroatoms. The van der Waals surface area contributed by atoms with Crippen LogP contribution in [0.15, 0.2) is 271 Å². The van der Waals surface area contributed by atoms with E-state index in [0.717, 1.165) is 66.9 Å². The van der Waals surface area contributed by atoms with Crippen LogP contribution in [0.1, 0.15) is 0 Å². The van der Waals surface area contributed by atoms with E-state index < -0.39 is 0 Å². The Kier molecular flexibility index (Phi) is 9.84. The van der Waals surface area contributed by atoms with Crippen LogP contribution in [0.4, 0.5) is 17.1 Å². The van der Waals surface area contributed by atoms with E-state index in [-0.39, 0.29) is 0 Å². The number of anilines is 3. The Morgan fingerprint density at radius 2 is 0.725 bits per heavy atom. The van der Waals surface area contributed by atoms with E-state index in [0.29, 0.717) is 0 Å². The molecular formula is C66H44N2O. The molecule has 0 N–H and O–H groups in total. The number of nitrogens with zero attached hydrogens (tertiary/aromatic N) is 2. The second kappa shape index (κ2) is 16.9. The van der Waals surface area contributed by atoms with Crippen molar-refractivity contribution in [2.45, 2.75) is 0 Å². The molecule has 0 amide bonds. The van der Waals surface area contributed by atoms with Gasteiger partial charge in [-0.1, -0.05) is 182 Å². The molecule has 0 saturated carbocycles. The maximum atomic E-state index is 6.28. The molecule has 0 saturated heterocycles. The topological polar surface area (TPSA) is 21.3 Å². The maximum Gasteiger partial charge on any atom is 0.136 e. The van der Waals surface area contributed by atoms with Crippen LogP contribution in [0.5, 0.6) is 0 Å². The van der Waals surface area contributed by atoms with Gasteiger partial charge in [-0.25, -0.2) is 0 Å². The molecule has 13 aromatic rings. The molecule has 0 bridgehead atoms. The largest absolute Gasteiger partial charge is 0.456 e. The van der Waals surface area contributed by atoms with Crippen LogP contribution in [-0.4, -0.2) is 4.57 Å². The lowest BCUT2D eigenvalue weighted by atomic mass is 9.94. The van der Waals surface area contributed by atoms with Crippen molar-refractivity contribution in [2.24, 2.45) is 0 Å². The highest BCUT2D eigenvalue weighted by molar-refractivity contribution is 6.09. The normalized spacial score (nSPS) is 11.5. The first kappa shape index (κ1) is 40.1. The fourth-order valence-corrected chi connectivity index (χ4v) is 10.3. The Morgan fingerprint density at radius 3 is 1.38 bits per heavy atom. The predicted molar refractivity (Wildman–Crippen MR) is 290 cm³/mol. The quantitative estimate of drug-likeness (QED) is 0.144.